The number of rotatable bonds is 4. The Labute approximate surface area is 111 Å². The van der Waals surface area contributed by atoms with Crippen LogP contribution in [0.2, 0.25) is 0 Å². The summed E-state index contributed by atoms with van der Waals surface area (Å²) in [6.45, 7) is 1.24. The SMILES string of the molecule is CC(CN(C)c1c(F)c(F)c(F)c(F)c1F)C(N)=NO. The van der Waals surface area contributed by atoms with Crippen LogP contribution in [0.25, 0.3) is 0 Å². The van der Waals surface area contributed by atoms with Crippen LogP contribution in [0.1, 0.15) is 6.92 Å². The molecule has 1 aromatic rings. The van der Waals surface area contributed by atoms with E-state index in [-0.39, 0.29) is 12.4 Å². The maximum atomic E-state index is 13.5. The molecule has 3 N–H and O–H groups in total. The number of nitrogens with zero attached hydrogens (tertiary/aromatic N) is 2. The zero-order valence-corrected chi connectivity index (χ0v) is 10.6. The van der Waals surface area contributed by atoms with E-state index >= 15 is 0 Å². The first kappa shape index (κ1) is 16.0. The van der Waals surface area contributed by atoms with Crippen LogP contribution in [-0.4, -0.2) is 24.6 Å². The van der Waals surface area contributed by atoms with Gasteiger partial charge in [-0.05, 0) is 0 Å². The number of benzene rings is 1. The largest absolute Gasteiger partial charge is 0.409 e. The summed E-state index contributed by atoms with van der Waals surface area (Å²) in [4.78, 5) is 0.805. The maximum absolute atomic E-state index is 13.5. The van der Waals surface area contributed by atoms with Gasteiger partial charge in [0.1, 0.15) is 11.5 Å². The third kappa shape index (κ3) is 2.75. The predicted molar refractivity (Wildman–Crippen MR) is 62.1 cm³/mol. The number of hydrogen-bond acceptors (Lipinski definition) is 3. The molecule has 112 valence electrons. The lowest BCUT2D eigenvalue weighted by Crippen LogP contribution is -2.34. The lowest BCUT2D eigenvalue weighted by atomic mass is 10.1. The van der Waals surface area contributed by atoms with Crippen molar-refractivity contribution in [2.75, 3.05) is 18.5 Å². The summed E-state index contributed by atoms with van der Waals surface area (Å²) in [6, 6.07) is 0. The summed E-state index contributed by atoms with van der Waals surface area (Å²) in [6.07, 6.45) is 0. The number of oxime groups is 1. The molecule has 0 heterocycles. The van der Waals surface area contributed by atoms with Crippen molar-refractivity contribution in [1.29, 1.82) is 0 Å². The predicted octanol–water partition coefficient (Wildman–Crippen LogP) is 2.20. The van der Waals surface area contributed by atoms with Gasteiger partial charge in [0, 0.05) is 19.5 Å². The van der Waals surface area contributed by atoms with Crippen molar-refractivity contribution in [3.05, 3.63) is 29.1 Å². The minimum atomic E-state index is -2.22. The van der Waals surface area contributed by atoms with Crippen LogP contribution < -0.4 is 10.6 Å². The lowest BCUT2D eigenvalue weighted by molar-refractivity contribution is 0.314. The maximum Gasteiger partial charge on any atom is 0.200 e. The van der Waals surface area contributed by atoms with E-state index in [9.17, 15) is 22.0 Å². The van der Waals surface area contributed by atoms with Gasteiger partial charge < -0.3 is 15.8 Å². The first-order valence-electron chi connectivity index (χ1n) is 5.42. The second kappa shape index (κ2) is 5.93. The second-order valence-corrected chi connectivity index (χ2v) is 4.22. The first-order chi connectivity index (χ1) is 9.22. The Bertz CT molecular complexity index is 520. The topological polar surface area (TPSA) is 61.8 Å². The van der Waals surface area contributed by atoms with E-state index in [4.69, 9.17) is 10.9 Å². The third-order valence-corrected chi connectivity index (χ3v) is 2.74. The van der Waals surface area contributed by atoms with Gasteiger partial charge in [0.15, 0.2) is 23.3 Å². The fraction of sp³-hybridized carbons (Fsp3) is 0.364. The summed E-state index contributed by atoms with van der Waals surface area (Å²) < 4.78 is 66.0. The normalized spacial score (nSPS) is 13.4. The molecule has 4 nitrogen and oxygen atoms in total. The highest BCUT2D eigenvalue weighted by atomic mass is 19.2. The van der Waals surface area contributed by atoms with Gasteiger partial charge in [-0.3, -0.25) is 0 Å². The van der Waals surface area contributed by atoms with E-state index in [2.05, 4.69) is 5.16 Å². The van der Waals surface area contributed by atoms with E-state index in [1.54, 1.807) is 0 Å². The molecule has 0 saturated heterocycles. The molecule has 1 atom stereocenters. The molecule has 0 bridgehead atoms. The minimum Gasteiger partial charge on any atom is -0.409 e. The van der Waals surface area contributed by atoms with Gasteiger partial charge >= 0.3 is 0 Å². The van der Waals surface area contributed by atoms with Gasteiger partial charge in [0.25, 0.3) is 0 Å². The van der Waals surface area contributed by atoms with Crippen molar-refractivity contribution in [3.63, 3.8) is 0 Å². The number of halogens is 5. The Morgan fingerprint density at radius 3 is 1.90 bits per heavy atom. The molecule has 0 saturated carbocycles. The number of anilines is 1. The smallest absolute Gasteiger partial charge is 0.200 e. The molecule has 0 aliphatic heterocycles. The molecule has 20 heavy (non-hydrogen) atoms. The Morgan fingerprint density at radius 2 is 1.50 bits per heavy atom. The fourth-order valence-corrected chi connectivity index (χ4v) is 1.62. The quantitative estimate of drug-likeness (QED) is 0.170. The van der Waals surface area contributed by atoms with Crippen molar-refractivity contribution in [2.24, 2.45) is 16.8 Å². The average Bonchev–Trinajstić information content (AvgIpc) is 2.42. The Kier molecular flexibility index (Phi) is 4.74. The molecule has 0 amide bonds. The molecule has 0 aliphatic carbocycles. The molecule has 9 heteroatoms. The highest BCUT2D eigenvalue weighted by molar-refractivity contribution is 5.82. The van der Waals surface area contributed by atoms with Crippen molar-refractivity contribution >= 4 is 11.5 Å². The van der Waals surface area contributed by atoms with Crippen LogP contribution in [0.3, 0.4) is 0 Å². The van der Waals surface area contributed by atoms with Crippen LogP contribution in [0.4, 0.5) is 27.6 Å². The van der Waals surface area contributed by atoms with Crippen LogP contribution in [-0.2, 0) is 0 Å². The molecule has 0 radical (unpaired) electrons. The van der Waals surface area contributed by atoms with Crippen molar-refractivity contribution in [1.82, 2.24) is 0 Å². The monoisotopic (exact) mass is 297 g/mol. The van der Waals surface area contributed by atoms with Crippen molar-refractivity contribution in [3.8, 4) is 0 Å². The van der Waals surface area contributed by atoms with Gasteiger partial charge in [-0.1, -0.05) is 12.1 Å². The van der Waals surface area contributed by atoms with Crippen molar-refractivity contribution < 1.29 is 27.2 Å². The van der Waals surface area contributed by atoms with Gasteiger partial charge in [-0.2, -0.15) is 0 Å². The molecule has 0 aliphatic rings. The number of hydrogen-bond donors (Lipinski definition) is 2. The summed E-state index contributed by atoms with van der Waals surface area (Å²) in [5.41, 5.74) is 4.21. The lowest BCUT2D eigenvalue weighted by Gasteiger charge is -2.24. The van der Waals surface area contributed by atoms with Crippen LogP contribution in [0.5, 0.6) is 0 Å². The molecular formula is C11H12F5N3O. The van der Waals surface area contributed by atoms with E-state index in [0.29, 0.717) is 0 Å². The van der Waals surface area contributed by atoms with Gasteiger partial charge in [-0.25, -0.2) is 22.0 Å². The van der Waals surface area contributed by atoms with E-state index < -0.39 is 40.7 Å². The summed E-state index contributed by atoms with van der Waals surface area (Å²) in [5.74, 6) is -11.0. The molecule has 0 aromatic heterocycles. The molecule has 0 spiro atoms. The van der Waals surface area contributed by atoms with Crippen LogP contribution in [0.15, 0.2) is 5.16 Å². The van der Waals surface area contributed by atoms with E-state index in [1.807, 2.05) is 0 Å². The number of amidine groups is 1. The summed E-state index contributed by atoms with van der Waals surface area (Å²) >= 11 is 0. The zero-order valence-electron chi connectivity index (χ0n) is 10.6. The van der Waals surface area contributed by atoms with E-state index in [0.717, 1.165) is 11.9 Å². The molecule has 0 fully saturated rings. The minimum absolute atomic E-state index is 0.214. The molecule has 1 aromatic carbocycles. The van der Waals surface area contributed by atoms with Crippen LogP contribution >= 0.6 is 0 Å². The molecule has 1 unspecified atom stereocenters. The highest BCUT2D eigenvalue weighted by Gasteiger charge is 2.28. The Morgan fingerprint density at radius 1 is 1.10 bits per heavy atom. The summed E-state index contributed by atoms with van der Waals surface area (Å²) in [7, 11) is 1.12. The van der Waals surface area contributed by atoms with Gasteiger partial charge in [-0.15, -0.1) is 0 Å². The average molecular weight is 297 g/mol. The Balaban J connectivity index is 3.20. The Hall–Kier alpha value is -2.06. The molecular weight excluding hydrogens is 285 g/mol. The standard InChI is InChI=1S/C11H12F5N3O/c1-4(11(17)18-20)3-19(2)10-8(15)6(13)5(12)7(14)9(10)16/h4,20H,3H2,1-2H3,(H2,17,18). The third-order valence-electron chi connectivity index (χ3n) is 2.74. The summed E-state index contributed by atoms with van der Waals surface area (Å²) in [5, 5.41) is 11.2. The first-order valence-corrected chi connectivity index (χ1v) is 5.42. The fourth-order valence-electron chi connectivity index (χ4n) is 1.62. The van der Waals surface area contributed by atoms with Gasteiger partial charge in [0.05, 0.1) is 0 Å². The van der Waals surface area contributed by atoms with Crippen molar-refractivity contribution in [2.45, 2.75) is 6.92 Å². The van der Waals surface area contributed by atoms with E-state index in [1.165, 1.54) is 6.92 Å². The van der Waals surface area contributed by atoms with Crippen LogP contribution in [0, 0.1) is 35.0 Å². The number of nitrogens with two attached hydrogens (primary N) is 1. The molecule has 1 rings (SSSR count). The second-order valence-electron chi connectivity index (χ2n) is 4.22. The highest BCUT2D eigenvalue weighted by Crippen LogP contribution is 2.29. The zero-order chi connectivity index (χ0) is 15.6. The van der Waals surface area contributed by atoms with Gasteiger partial charge in [0.2, 0.25) is 5.82 Å².